The molecule has 20 heavy (non-hydrogen) atoms. The first-order valence-electron chi connectivity index (χ1n) is 6.37. The topological polar surface area (TPSA) is 72.0 Å². The molecule has 1 aromatic carbocycles. The molecule has 1 aromatic heterocycles. The Balaban J connectivity index is 2.29. The molecule has 0 bridgehead atoms. The summed E-state index contributed by atoms with van der Waals surface area (Å²) in [7, 11) is -3.14. The van der Waals surface area contributed by atoms with E-state index in [1.165, 1.54) is 6.26 Å². The molecule has 2 rings (SSSR count). The molecule has 0 aliphatic carbocycles. The van der Waals surface area contributed by atoms with Gasteiger partial charge in [0.25, 0.3) is 0 Å². The van der Waals surface area contributed by atoms with Crippen LogP contribution in [0.1, 0.15) is 19.5 Å². The van der Waals surface area contributed by atoms with Crippen molar-refractivity contribution < 1.29 is 8.42 Å². The predicted octanol–water partition coefficient (Wildman–Crippen LogP) is 2.17. The van der Waals surface area contributed by atoms with E-state index in [2.05, 4.69) is 15.3 Å². The Bertz CT molecular complexity index is 739. The van der Waals surface area contributed by atoms with E-state index in [1.54, 1.807) is 13.8 Å². The van der Waals surface area contributed by atoms with Gasteiger partial charge in [0, 0.05) is 12.8 Å². The minimum absolute atomic E-state index is 0.291. The lowest BCUT2D eigenvalue weighted by Gasteiger charge is -2.23. The zero-order chi connectivity index (χ0) is 15.0. The first kappa shape index (κ1) is 14.7. The largest absolute Gasteiger partial charge is 0.367 e. The van der Waals surface area contributed by atoms with E-state index >= 15 is 0 Å². The van der Waals surface area contributed by atoms with Gasteiger partial charge in [0.05, 0.1) is 21.5 Å². The maximum Gasteiger partial charge on any atom is 0.154 e. The van der Waals surface area contributed by atoms with Crippen LogP contribution >= 0.6 is 0 Å². The summed E-state index contributed by atoms with van der Waals surface area (Å²) in [5, 5.41) is 3.10. The Hall–Kier alpha value is -1.69. The number of anilines is 1. The number of nitrogens with zero attached hydrogens (tertiary/aromatic N) is 2. The molecule has 5 nitrogen and oxygen atoms in total. The maximum atomic E-state index is 11.7. The SMILES string of the molecule is Cc1nc2ccccc2nc1NCC(C)(C)S(C)(=O)=O. The fraction of sp³-hybridized carbons (Fsp3) is 0.429. The predicted molar refractivity (Wildman–Crippen MR) is 81.7 cm³/mol. The van der Waals surface area contributed by atoms with Gasteiger partial charge in [0.15, 0.2) is 9.84 Å². The first-order valence-corrected chi connectivity index (χ1v) is 8.27. The van der Waals surface area contributed by atoms with Crippen molar-refractivity contribution in [2.24, 2.45) is 0 Å². The van der Waals surface area contributed by atoms with Gasteiger partial charge in [0.2, 0.25) is 0 Å². The second-order valence-corrected chi connectivity index (χ2v) is 8.18. The Morgan fingerprint density at radius 3 is 2.25 bits per heavy atom. The van der Waals surface area contributed by atoms with Crippen LogP contribution in [0.25, 0.3) is 11.0 Å². The summed E-state index contributed by atoms with van der Waals surface area (Å²) in [6.07, 6.45) is 1.24. The third kappa shape index (κ3) is 2.90. The van der Waals surface area contributed by atoms with Gasteiger partial charge in [-0.3, -0.25) is 0 Å². The molecule has 6 heteroatoms. The van der Waals surface area contributed by atoms with E-state index in [4.69, 9.17) is 0 Å². The normalized spacial score (nSPS) is 12.6. The fourth-order valence-electron chi connectivity index (χ4n) is 1.68. The van der Waals surface area contributed by atoms with Crippen molar-refractivity contribution in [2.45, 2.75) is 25.5 Å². The highest BCUT2D eigenvalue weighted by Gasteiger charge is 2.30. The summed E-state index contributed by atoms with van der Waals surface area (Å²) in [4.78, 5) is 8.96. The molecule has 0 atom stereocenters. The summed E-state index contributed by atoms with van der Waals surface area (Å²) in [5.74, 6) is 0.625. The average Bonchev–Trinajstić information content (AvgIpc) is 2.35. The number of hydrogen-bond donors (Lipinski definition) is 1. The van der Waals surface area contributed by atoms with Crippen LogP contribution in [-0.2, 0) is 9.84 Å². The Morgan fingerprint density at radius 2 is 1.70 bits per heavy atom. The summed E-state index contributed by atoms with van der Waals surface area (Å²) in [6, 6.07) is 7.60. The molecule has 1 N–H and O–H groups in total. The van der Waals surface area contributed by atoms with Crippen molar-refractivity contribution in [1.29, 1.82) is 0 Å². The van der Waals surface area contributed by atoms with Crippen LogP contribution < -0.4 is 5.32 Å². The highest BCUT2D eigenvalue weighted by Crippen LogP contribution is 2.19. The molecular formula is C14H19N3O2S. The van der Waals surface area contributed by atoms with E-state index in [9.17, 15) is 8.42 Å². The van der Waals surface area contributed by atoms with Crippen molar-refractivity contribution in [3.63, 3.8) is 0 Å². The van der Waals surface area contributed by atoms with Crippen LogP contribution in [0.15, 0.2) is 24.3 Å². The highest BCUT2D eigenvalue weighted by molar-refractivity contribution is 7.92. The summed E-state index contributed by atoms with van der Waals surface area (Å²) in [6.45, 7) is 5.53. The molecular weight excluding hydrogens is 274 g/mol. The minimum atomic E-state index is -3.14. The zero-order valence-electron chi connectivity index (χ0n) is 12.1. The first-order chi connectivity index (χ1) is 9.21. The number of hydrogen-bond acceptors (Lipinski definition) is 5. The van der Waals surface area contributed by atoms with Gasteiger partial charge in [-0.05, 0) is 32.9 Å². The number of fused-ring (bicyclic) bond motifs is 1. The zero-order valence-corrected chi connectivity index (χ0v) is 13.0. The van der Waals surface area contributed by atoms with Gasteiger partial charge in [0.1, 0.15) is 5.82 Å². The van der Waals surface area contributed by atoms with Crippen molar-refractivity contribution in [1.82, 2.24) is 9.97 Å². The van der Waals surface area contributed by atoms with Gasteiger partial charge >= 0.3 is 0 Å². The number of nitrogens with one attached hydrogen (secondary N) is 1. The number of aryl methyl sites for hydroxylation is 1. The third-order valence-corrected chi connectivity index (χ3v) is 5.58. The Labute approximate surface area is 119 Å². The molecule has 0 unspecified atom stereocenters. The highest BCUT2D eigenvalue weighted by atomic mass is 32.2. The van der Waals surface area contributed by atoms with Gasteiger partial charge in [-0.2, -0.15) is 0 Å². The van der Waals surface area contributed by atoms with E-state index in [0.717, 1.165) is 16.7 Å². The van der Waals surface area contributed by atoms with Crippen LogP contribution in [0.5, 0.6) is 0 Å². The molecule has 0 fully saturated rings. The van der Waals surface area contributed by atoms with Crippen molar-refractivity contribution in [3.8, 4) is 0 Å². The maximum absolute atomic E-state index is 11.7. The molecule has 0 spiro atoms. The number of sulfone groups is 1. The van der Waals surface area contributed by atoms with Crippen LogP contribution in [-0.4, -0.2) is 35.9 Å². The summed E-state index contributed by atoms with van der Waals surface area (Å²) in [5.41, 5.74) is 2.38. The lowest BCUT2D eigenvalue weighted by atomic mass is 10.2. The molecule has 2 aromatic rings. The summed E-state index contributed by atoms with van der Waals surface area (Å²) >= 11 is 0. The quantitative estimate of drug-likeness (QED) is 0.935. The van der Waals surface area contributed by atoms with Gasteiger partial charge < -0.3 is 5.32 Å². The molecule has 1 heterocycles. The minimum Gasteiger partial charge on any atom is -0.367 e. The van der Waals surface area contributed by atoms with E-state index in [1.807, 2.05) is 31.2 Å². The molecule has 0 saturated carbocycles. The monoisotopic (exact) mass is 293 g/mol. The number of para-hydroxylation sites is 2. The van der Waals surface area contributed by atoms with Crippen LogP contribution in [0, 0.1) is 6.92 Å². The second-order valence-electron chi connectivity index (χ2n) is 5.53. The fourth-order valence-corrected chi connectivity index (χ4v) is 2.02. The van der Waals surface area contributed by atoms with Crippen LogP contribution in [0.4, 0.5) is 5.82 Å². The lowest BCUT2D eigenvalue weighted by Crippen LogP contribution is -2.38. The van der Waals surface area contributed by atoms with Gasteiger partial charge in [-0.25, -0.2) is 18.4 Å². The van der Waals surface area contributed by atoms with Crippen LogP contribution in [0.3, 0.4) is 0 Å². The molecule has 0 radical (unpaired) electrons. The van der Waals surface area contributed by atoms with Gasteiger partial charge in [-0.15, -0.1) is 0 Å². The standard InChI is InChI=1S/C14H19N3O2S/c1-10-13(15-9-14(2,3)20(4,18)19)17-12-8-6-5-7-11(12)16-10/h5-8H,9H2,1-4H3,(H,15,17). The van der Waals surface area contributed by atoms with Crippen molar-refractivity contribution in [2.75, 3.05) is 18.1 Å². The molecule has 0 amide bonds. The van der Waals surface area contributed by atoms with E-state index < -0.39 is 14.6 Å². The Morgan fingerprint density at radius 1 is 1.15 bits per heavy atom. The average molecular weight is 293 g/mol. The molecule has 108 valence electrons. The smallest absolute Gasteiger partial charge is 0.154 e. The molecule has 0 saturated heterocycles. The van der Waals surface area contributed by atoms with E-state index in [0.29, 0.717) is 12.4 Å². The number of rotatable bonds is 4. The van der Waals surface area contributed by atoms with Gasteiger partial charge in [-0.1, -0.05) is 12.1 Å². The molecule has 0 aliphatic heterocycles. The molecule has 0 aliphatic rings. The van der Waals surface area contributed by atoms with Crippen molar-refractivity contribution >= 4 is 26.7 Å². The van der Waals surface area contributed by atoms with E-state index in [-0.39, 0.29) is 0 Å². The number of benzene rings is 1. The van der Waals surface area contributed by atoms with Crippen molar-refractivity contribution in [3.05, 3.63) is 30.0 Å². The second kappa shape index (κ2) is 5.01. The number of aromatic nitrogens is 2. The van der Waals surface area contributed by atoms with Crippen LogP contribution in [0.2, 0.25) is 0 Å². The third-order valence-electron chi connectivity index (χ3n) is 3.43. The lowest BCUT2D eigenvalue weighted by molar-refractivity contribution is 0.559. The summed E-state index contributed by atoms with van der Waals surface area (Å²) < 4.78 is 22.5. The Kier molecular flexibility index (Phi) is 3.69.